The van der Waals surface area contributed by atoms with Crippen molar-refractivity contribution in [2.45, 2.75) is 13.0 Å². The van der Waals surface area contributed by atoms with Crippen LogP contribution in [0.5, 0.6) is 0 Å². The summed E-state index contributed by atoms with van der Waals surface area (Å²) in [6.45, 7) is 5.16. The molecule has 0 aliphatic carbocycles. The Morgan fingerprint density at radius 2 is 1.35 bits per heavy atom. The van der Waals surface area contributed by atoms with E-state index in [0.717, 1.165) is 18.7 Å². The maximum Gasteiger partial charge on any atom is 0.321 e. The van der Waals surface area contributed by atoms with Crippen molar-refractivity contribution in [3.05, 3.63) is 113 Å². The maximum absolute atomic E-state index is 12.6. The highest BCUT2D eigenvalue weighted by atomic mass is 16.2. The smallest absolute Gasteiger partial charge is 0.321 e. The molecule has 1 aliphatic heterocycles. The lowest BCUT2D eigenvalue weighted by molar-refractivity contribution is 0.122. The number of carbonyl (C=O) groups excluding carboxylic acids is 1. The Hall–Kier alpha value is -3.37. The summed E-state index contributed by atoms with van der Waals surface area (Å²) < 4.78 is 0. The molecule has 0 radical (unpaired) electrons. The van der Waals surface area contributed by atoms with Crippen LogP contribution in [-0.2, 0) is 0 Å². The largest absolute Gasteiger partial charge is 0.322 e. The minimum absolute atomic E-state index is 0.0426. The van der Waals surface area contributed by atoms with Crippen LogP contribution in [0.15, 0.2) is 91.1 Å². The summed E-state index contributed by atoms with van der Waals surface area (Å²) in [5.41, 5.74) is 4.87. The van der Waals surface area contributed by atoms with E-state index in [2.05, 4.69) is 89.9 Å². The third-order valence-electron chi connectivity index (χ3n) is 5.76. The summed E-state index contributed by atoms with van der Waals surface area (Å²) in [5.74, 6) is 0. The van der Waals surface area contributed by atoms with Crippen LogP contribution in [0.1, 0.15) is 28.3 Å². The fourth-order valence-electron chi connectivity index (χ4n) is 4.05. The van der Waals surface area contributed by atoms with E-state index in [0.29, 0.717) is 13.1 Å². The molecule has 2 amide bonds. The average molecular weight is 412 g/mol. The van der Waals surface area contributed by atoms with E-state index in [1.54, 1.807) is 6.20 Å². The Kier molecular flexibility index (Phi) is 6.80. The molecule has 0 bridgehead atoms. The second kappa shape index (κ2) is 10.1. The van der Waals surface area contributed by atoms with Gasteiger partial charge in [-0.2, -0.15) is 0 Å². The molecule has 0 saturated carbocycles. The van der Waals surface area contributed by atoms with E-state index >= 15 is 0 Å². The van der Waals surface area contributed by atoms with Crippen LogP contribution in [0.4, 0.5) is 4.79 Å². The molecular weight excluding hydrogens is 382 g/mol. The quantitative estimate of drug-likeness (QED) is 0.635. The van der Waals surface area contributed by atoms with Crippen LogP contribution in [0.25, 0.3) is 6.08 Å². The third-order valence-corrected chi connectivity index (χ3v) is 5.76. The molecule has 1 fully saturated rings. The standard InChI is InChI=1S/C27H29N3O/c1-22-12-14-23(15-13-22)16-17-28-27(31)30-20-18-29(19-21-30)26(24-8-4-2-5-9-24)25-10-6-3-7-11-25/h2-17,26H,18-21H2,1H3,(H,28,31)/b17-16+. The number of urea groups is 1. The van der Waals surface area contributed by atoms with Crippen LogP contribution in [0, 0.1) is 6.92 Å². The minimum atomic E-state index is -0.0426. The van der Waals surface area contributed by atoms with Crippen LogP contribution in [-0.4, -0.2) is 42.0 Å². The van der Waals surface area contributed by atoms with Gasteiger partial charge in [0.15, 0.2) is 0 Å². The van der Waals surface area contributed by atoms with Crippen molar-refractivity contribution >= 4 is 12.1 Å². The topological polar surface area (TPSA) is 35.6 Å². The lowest BCUT2D eigenvalue weighted by atomic mass is 9.96. The average Bonchev–Trinajstić information content (AvgIpc) is 2.82. The molecule has 0 aromatic heterocycles. The van der Waals surface area contributed by atoms with Crippen molar-refractivity contribution in [3.63, 3.8) is 0 Å². The lowest BCUT2D eigenvalue weighted by Crippen LogP contribution is -2.51. The number of hydrogen-bond acceptors (Lipinski definition) is 2. The van der Waals surface area contributed by atoms with E-state index in [1.807, 2.05) is 23.1 Å². The second-order valence-corrected chi connectivity index (χ2v) is 7.94. The van der Waals surface area contributed by atoms with Gasteiger partial charge in [-0.05, 0) is 29.7 Å². The molecule has 0 unspecified atom stereocenters. The highest BCUT2D eigenvalue weighted by Crippen LogP contribution is 2.29. The summed E-state index contributed by atoms with van der Waals surface area (Å²) in [6.07, 6.45) is 3.66. The molecule has 3 aromatic carbocycles. The zero-order chi connectivity index (χ0) is 21.5. The second-order valence-electron chi connectivity index (χ2n) is 7.94. The van der Waals surface area contributed by atoms with Gasteiger partial charge in [-0.3, -0.25) is 4.90 Å². The molecule has 3 aromatic rings. The Labute approximate surface area is 184 Å². The fourth-order valence-corrected chi connectivity index (χ4v) is 4.05. The SMILES string of the molecule is Cc1ccc(/C=C/NC(=O)N2CCN(C(c3ccccc3)c3ccccc3)CC2)cc1. The summed E-state index contributed by atoms with van der Waals surface area (Å²) >= 11 is 0. The van der Waals surface area contributed by atoms with Crippen molar-refractivity contribution in [2.75, 3.05) is 26.2 Å². The number of aryl methyl sites for hydroxylation is 1. The number of benzene rings is 3. The molecular formula is C27H29N3O. The molecule has 158 valence electrons. The first-order valence-electron chi connectivity index (χ1n) is 10.8. The summed E-state index contributed by atoms with van der Waals surface area (Å²) in [4.78, 5) is 17.0. The van der Waals surface area contributed by atoms with E-state index < -0.39 is 0 Å². The van der Waals surface area contributed by atoms with Crippen molar-refractivity contribution in [3.8, 4) is 0 Å². The first-order chi connectivity index (χ1) is 15.2. The van der Waals surface area contributed by atoms with Gasteiger partial charge in [0.1, 0.15) is 0 Å². The predicted octanol–water partition coefficient (Wildman–Crippen LogP) is 5.08. The van der Waals surface area contributed by atoms with Crippen LogP contribution in [0.2, 0.25) is 0 Å². The number of hydrogen-bond donors (Lipinski definition) is 1. The highest BCUT2D eigenvalue weighted by Gasteiger charge is 2.27. The zero-order valence-electron chi connectivity index (χ0n) is 17.9. The minimum Gasteiger partial charge on any atom is -0.322 e. The van der Waals surface area contributed by atoms with E-state index in [4.69, 9.17) is 0 Å². The summed E-state index contributed by atoms with van der Waals surface area (Å²) in [5, 5.41) is 2.91. The van der Waals surface area contributed by atoms with Crippen LogP contribution in [0.3, 0.4) is 0 Å². The lowest BCUT2D eigenvalue weighted by Gasteiger charge is -2.39. The number of rotatable bonds is 5. The van der Waals surface area contributed by atoms with Crippen molar-refractivity contribution in [1.82, 2.24) is 15.1 Å². The molecule has 1 saturated heterocycles. The molecule has 0 spiro atoms. The van der Waals surface area contributed by atoms with E-state index in [9.17, 15) is 4.79 Å². The zero-order valence-corrected chi connectivity index (χ0v) is 17.9. The van der Waals surface area contributed by atoms with Gasteiger partial charge in [-0.25, -0.2) is 4.79 Å². The van der Waals surface area contributed by atoms with Gasteiger partial charge in [0.05, 0.1) is 6.04 Å². The van der Waals surface area contributed by atoms with Crippen LogP contribution < -0.4 is 5.32 Å². The normalized spacial score (nSPS) is 14.8. The first-order valence-corrected chi connectivity index (χ1v) is 10.8. The van der Waals surface area contributed by atoms with Gasteiger partial charge in [0, 0.05) is 32.4 Å². The Bertz CT molecular complexity index is 952. The number of nitrogens with zero attached hydrogens (tertiary/aromatic N) is 2. The molecule has 31 heavy (non-hydrogen) atoms. The number of carbonyl (C=O) groups is 1. The molecule has 0 atom stereocenters. The molecule has 1 heterocycles. The third kappa shape index (κ3) is 5.41. The van der Waals surface area contributed by atoms with E-state index in [1.165, 1.54) is 16.7 Å². The van der Waals surface area contributed by atoms with Crippen molar-refractivity contribution in [2.24, 2.45) is 0 Å². The molecule has 4 nitrogen and oxygen atoms in total. The monoisotopic (exact) mass is 411 g/mol. The van der Waals surface area contributed by atoms with Gasteiger partial charge >= 0.3 is 6.03 Å². The van der Waals surface area contributed by atoms with E-state index in [-0.39, 0.29) is 12.1 Å². The number of nitrogens with one attached hydrogen (secondary N) is 1. The Morgan fingerprint density at radius 1 is 0.806 bits per heavy atom. The number of amides is 2. The number of piperazine rings is 1. The molecule has 1 aliphatic rings. The molecule has 4 rings (SSSR count). The molecule has 1 N–H and O–H groups in total. The summed E-state index contributed by atoms with van der Waals surface area (Å²) in [6, 6.07) is 29.6. The van der Waals surface area contributed by atoms with Crippen LogP contribution >= 0.6 is 0 Å². The highest BCUT2D eigenvalue weighted by molar-refractivity contribution is 5.76. The van der Waals surface area contributed by atoms with Gasteiger partial charge in [-0.15, -0.1) is 0 Å². The van der Waals surface area contributed by atoms with Gasteiger partial charge in [0.2, 0.25) is 0 Å². The van der Waals surface area contributed by atoms with Gasteiger partial charge in [-0.1, -0.05) is 90.5 Å². The van der Waals surface area contributed by atoms with Gasteiger partial charge < -0.3 is 10.2 Å². The van der Waals surface area contributed by atoms with Crippen molar-refractivity contribution < 1.29 is 4.79 Å². The maximum atomic E-state index is 12.6. The first kappa shape index (κ1) is 20.9. The molecule has 4 heteroatoms. The van der Waals surface area contributed by atoms with Crippen molar-refractivity contribution in [1.29, 1.82) is 0 Å². The predicted molar refractivity (Wildman–Crippen MR) is 127 cm³/mol. The van der Waals surface area contributed by atoms with Gasteiger partial charge in [0.25, 0.3) is 0 Å². The fraction of sp³-hybridized carbons (Fsp3) is 0.222. The summed E-state index contributed by atoms with van der Waals surface area (Å²) in [7, 11) is 0. The Morgan fingerprint density at radius 3 is 1.90 bits per heavy atom. The Balaban J connectivity index is 1.37.